The second-order valence-electron chi connectivity index (χ2n) is 25.0. The van der Waals surface area contributed by atoms with E-state index in [0.717, 1.165) is 18.5 Å². The lowest BCUT2D eigenvalue weighted by Gasteiger charge is -2.45. The number of anilines is 6. The van der Waals surface area contributed by atoms with Gasteiger partial charge in [-0.25, -0.2) is 0 Å². The fourth-order valence-corrected chi connectivity index (χ4v) is 14.0. The van der Waals surface area contributed by atoms with E-state index in [0.29, 0.717) is 0 Å². The highest BCUT2D eigenvalue weighted by molar-refractivity contribution is 7.00. The van der Waals surface area contributed by atoms with Crippen molar-refractivity contribution in [2.45, 2.75) is 123 Å². The normalized spacial score (nSPS) is 17.4. The summed E-state index contributed by atoms with van der Waals surface area (Å²) in [5.74, 6) is 0. The van der Waals surface area contributed by atoms with Crippen LogP contribution in [0, 0.1) is 6.92 Å². The maximum atomic E-state index is 2.70. The summed E-state index contributed by atoms with van der Waals surface area (Å²) in [5.41, 5.74) is 27.7. The monoisotopic (exact) mass is 911 g/mol. The molecule has 0 radical (unpaired) electrons. The van der Waals surface area contributed by atoms with Crippen LogP contribution in [-0.2, 0) is 27.1 Å². The van der Waals surface area contributed by atoms with Gasteiger partial charge in [-0.3, -0.25) is 0 Å². The molecular formula is C67H67BN2. The van der Waals surface area contributed by atoms with Gasteiger partial charge in [-0.15, -0.1) is 0 Å². The van der Waals surface area contributed by atoms with Crippen LogP contribution in [0.2, 0.25) is 0 Å². The van der Waals surface area contributed by atoms with Gasteiger partial charge in [0.1, 0.15) is 0 Å². The van der Waals surface area contributed by atoms with Gasteiger partial charge in [-0.05, 0) is 173 Å². The molecule has 0 saturated carbocycles. The minimum atomic E-state index is -0.0355. The van der Waals surface area contributed by atoms with Crippen molar-refractivity contribution in [3.8, 4) is 33.4 Å². The van der Waals surface area contributed by atoms with E-state index in [9.17, 15) is 0 Å². The first-order valence-corrected chi connectivity index (χ1v) is 25.8. The first-order valence-electron chi connectivity index (χ1n) is 25.8. The highest BCUT2D eigenvalue weighted by Crippen LogP contribution is 2.55. The van der Waals surface area contributed by atoms with Crippen molar-refractivity contribution in [1.82, 2.24) is 0 Å². The Balaban J connectivity index is 1.18. The second kappa shape index (κ2) is 15.2. The zero-order chi connectivity index (χ0) is 48.9. The van der Waals surface area contributed by atoms with Crippen LogP contribution >= 0.6 is 0 Å². The number of aryl methyl sites for hydroxylation is 1. The van der Waals surface area contributed by atoms with Crippen LogP contribution < -0.4 is 26.2 Å². The van der Waals surface area contributed by atoms with Crippen LogP contribution in [-0.4, -0.2) is 6.71 Å². The second-order valence-corrected chi connectivity index (χ2v) is 25.0. The van der Waals surface area contributed by atoms with Gasteiger partial charge >= 0.3 is 0 Å². The highest BCUT2D eigenvalue weighted by atomic mass is 15.2. The van der Waals surface area contributed by atoms with Crippen molar-refractivity contribution >= 4 is 57.2 Å². The molecule has 0 unspecified atom stereocenters. The van der Waals surface area contributed by atoms with E-state index in [1.807, 2.05) is 0 Å². The molecule has 2 aliphatic heterocycles. The summed E-state index contributed by atoms with van der Waals surface area (Å²) in [5, 5.41) is 0. The molecule has 348 valence electrons. The molecule has 2 nitrogen and oxygen atoms in total. The number of hydrogen-bond donors (Lipinski definition) is 0. The molecule has 8 aromatic carbocycles. The number of benzene rings is 8. The number of rotatable bonds is 5. The van der Waals surface area contributed by atoms with E-state index >= 15 is 0 Å². The molecule has 70 heavy (non-hydrogen) atoms. The average molecular weight is 911 g/mol. The standard InChI is InChI=1S/C67H67BN2/c1-42-32-60-62-61(33-42)70(57-31-28-48(63(2,3)4)37-50(57)47-26-29-51-52(35-47)65(7,8)40-64(51,5)6)59-39-54-53(66(9,10)41-67(54,11)12)38-56(59)68(62)55-30-27-46(44-22-17-14-18-23-44)36-58(55)69(60)49-25-19-24-45(34-49)43-20-15-13-16-21-43/h13-39H,40-41H2,1-12H3. The first kappa shape index (κ1) is 44.6. The number of fused-ring (bicyclic) bond motifs is 6. The first-order chi connectivity index (χ1) is 33.2. The maximum Gasteiger partial charge on any atom is 0.252 e. The van der Waals surface area contributed by atoms with Crippen LogP contribution in [0.4, 0.5) is 34.1 Å². The molecular weight excluding hydrogens is 844 g/mol. The Morgan fingerprint density at radius 2 is 0.943 bits per heavy atom. The molecule has 4 aliphatic rings. The quantitative estimate of drug-likeness (QED) is 0.159. The van der Waals surface area contributed by atoms with Crippen molar-refractivity contribution < 1.29 is 0 Å². The number of nitrogens with zero attached hydrogens (tertiary/aromatic N) is 2. The van der Waals surface area contributed by atoms with Crippen LogP contribution in [0.5, 0.6) is 0 Å². The Morgan fingerprint density at radius 1 is 0.400 bits per heavy atom. The third-order valence-corrected chi connectivity index (χ3v) is 16.8. The van der Waals surface area contributed by atoms with E-state index in [4.69, 9.17) is 0 Å². The van der Waals surface area contributed by atoms with Crippen molar-refractivity contribution in [2.24, 2.45) is 0 Å². The van der Waals surface area contributed by atoms with Gasteiger partial charge < -0.3 is 9.80 Å². The molecule has 2 heterocycles. The van der Waals surface area contributed by atoms with E-state index in [1.54, 1.807) is 0 Å². The maximum absolute atomic E-state index is 2.70. The van der Waals surface area contributed by atoms with Gasteiger partial charge in [-0.1, -0.05) is 191 Å². The topological polar surface area (TPSA) is 6.48 Å². The van der Waals surface area contributed by atoms with E-state index in [2.05, 4.69) is 257 Å². The third-order valence-electron chi connectivity index (χ3n) is 16.8. The SMILES string of the molecule is Cc1cc2c3c(c1)N(c1ccc(C(C)(C)C)cc1-c1ccc4c(c1)C(C)(C)CC4(C)C)c1cc4c(cc1B3c1ccc(-c3ccccc3)cc1N2c1cccc(-c2ccccc2)c1)C(C)(C)CC4(C)C. The molecule has 0 amide bonds. The lowest BCUT2D eigenvalue weighted by Crippen LogP contribution is -2.61. The van der Waals surface area contributed by atoms with Crippen molar-refractivity contribution in [1.29, 1.82) is 0 Å². The molecule has 0 spiro atoms. The van der Waals surface area contributed by atoms with Gasteiger partial charge in [-0.2, -0.15) is 0 Å². The molecule has 8 aromatic rings. The van der Waals surface area contributed by atoms with Gasteiger partial charge in [0.2, 0.25) is 0 Å². The summed E-state index contributed by atoms with van der Waals surface area (Å²) < 4.78 is 0. The average Bonchev–Trinajstić information content (AvgIpc) is 3.64. The van der Waals surface area contributed by atoms with Crippen LogP contribution in [0.3, 0.4) is 0 Å². The fourth-order valence-electron chi connectivity index (χ4n) is 14.0. The molecule has 0 fully saturated rings. The zero-order valence-corrected chi connectivity index (χ0v) is 43.5. The summed E-state index contributed by atoms with van der Waals surface area (Å²) in [6, 6.07) is 63.4. The fraction of sp³-hybridized carbons (Fsp3) is 0.284. The largest absolute Gasteiger partial charge is 0.311 e. The molecule has 0 N–H and O–H groups in total. The van der Waals surface area contributed by atoms with Gasteiger partial charge in [0, 0.05) is 34.0 Å². The molecule has 3 heteroatoms. The Morgan fingerprint density at radius 3 is 1.59 bits per heavy atom. The van der Waals surface area contributed by atoms with Crippen LogP contribution in [0.15, 0.2) is 164 Å². The summed E-state index contributed by atoms with van der Waals surface area (Å²) in [6.45, 7) is 29.0. The van der Waals surface area contributed by atoms with E-state index in [1.165, 1.54) is 112 Å². The summed E-state index contributed by atoms with van der Waals surface area (Å²) in [7, 11) is 0. The Kier molecular flexibility index (Phi) is 9.70. The zero-order valence-electron chi connectivity index (χ0n) is 43.5. The third kappa shape index (κ3) is 6.89. The predicted molar refractivity (Wildman–Crippen MR) is 302 cm³/mol. The lowest BCUT2D eigenvalue weighted by atomic mass is 9.33. The number of hydrogen-bond acceptors (Lipinski definition) is 2. The molecule has 0 aromatic heterocycles. The van der Waals surface area contributed by atoms with Gasteiger partial charge in [0.25, 0.3) is 6.71 Å². The lowest BCUT2D eigenvalue weighted by molar-refractivity contribution is 0.403. The molecule has 0 bridgehead atoms. The highest BCUT2D eigenvalue weighted by Gasteiger charge is 2.49. The smallest absolute Gasteiger partial charge is 0.252 e. The van der Waals surface area contributed by atoms with Crippen molar-refractivity contribution in [2.75, 3.05) is 9.80 Å². The van der Waals surface area contributed by atoms with Crippen LogP contribution in [0.25, 0.3) is 33.4 Å². The Labute approximate surface area is 418 Å². The molecule has 2 aliphatic carbocycles. The molecule has 0 atom stereocenters. The molecule has 0 saturated heterocycles. The van der Waals surface area contributed by atoms with E-state index in [-0.39, 0.29) is 33.8 Å². The van der Waals surface area contributed by atoms with Gasteiger partial charge in [0.05, 0.1) is 5.69 Å². The Bertz CT molecular complexity index is 3440. The predicted octanol–water partition coefficient (Wildman–Crippen LogP) is 16.3. The van der Waals surface area contributed by atoms with Gasteiger partial charge in [0.15, 0.2) is 0 Å². The summed E-state index contributed by atoms with van der Waals surface area (Å²) >= 11 is 0. The van der Waals surface area contributed by atoms with Crippen molar-refractivity contribution in [3.05, 3.63) is 197 Å². The van der Waals surface area contributed by atoms with E-state index < -0.39 is 0 Å². The minimum absolute atomic E-state index is 0.00960. The van der Waals surface area contributed by atoms with Crippen LogP contribution in [0.1, 0.15) is 122 Å². The summed E-state index contributed by atoms with van der Waals surface area (Å²) in [4.78, 5) is 5.29. The minimum Gasteiger partial charge on any atom is -0.311 e. The van der Waals surface area contributed by atoms with Crippen molar-refractivity contribution in [3.63, 3.8) is 0 Å². The molecule has 12 rings (SSSR count). The Hall–Kier alpha value is -6.58. The summed E-state index contributed by atoms with van der Waals surface area (Å²) in [6.07, 6.45) is 2.25.